The van der Waals surface area contributed by atoms with E-state index in [1.54, 1.807) is 6.07 Å². The van der Waals surface area contributed by atoms with E-state index in [9.17, 15) is 27.2 Å². The second-order valence-electron chi connectivity index (χ2n) is 8.20. The average Bonchev–Trinajstić information content (AvgIpc) is 3.30. The van der Waals surface area contributed by atoms with Gasteiger partial charge in [-0.05, 0) is 19.1 Å². The number of hydrogen-bond donors (Lipinski definition) is 3. The van der Waals surface area contributed by atoms with Crippen LogP contribution in [0.5, 0.6) is 0 Å². The molecule has 0 bridgehead atoms. The van der Waals surface area contributed by atoms with Crippen LogP contribution in [0.15, 0.2) is 41.3 Å². The van der Waals surface area contributed by atoms with Crippen LogP contribution in [-0.4, -0.2) is 48.3 Å². The van der Waals surface area contributed by atoms with Crippen molar-refractivity contribution < 1.29 is 27.5 Å². The summed E-state index contributed by atoms with van der Waals surface area (Å²) in [5.41, 5.74) is -4.05. The molecule has 0 radical (unpaired) electrons. The van der Waals surface area contributed by atoms with Crippen molar-refractivity contribution in [1.29, 1.82) is 0 Å². The number of aliphatic hydroxyl groups excluding tert-OH is 1. The number of hydrogen-bond acceptors (Lipinski definition) is 6. The van der Waals surface area contributed by atoms with Crippen molar-refractivity contribution in [3.8, 4) is 11.5 Å². The number of aromatic nitrogens is 5. The predicted octanol–water partition coefficient (Wildman–Crippen LogP) is 2.35. The number of pyridine rings is 1. The van der Waals surface area contributed by atoms with E-state index in [-0.39, 0.29) is 34.7 Å². The van der Waals surface area contributed by atoms with E-state index in [4.69, 9.17) is 5.11 Å². The minimum Gasteiger partial charge on any atom is -0.390 e. The van der Waals surface area contributed by atoms with E-state index in [1.165, 1.54) is 22.9 Å². The predicted molar refractivity (Wildman–Crippen MR) is 115 cm³/mol. The highest BCUT2D eigenvalue weighted by molar-refractivity contribution is 6.06. The van der Waals surface area contributed by atoms with Crippen LogP contribution in [0.4, 0.5) is 23.4 Å². The number of H-pyrrole nitrogens is 1. The summed E-state index contributed by atoms with van der Waals surface area (Å²) in [5.74, 6) is -7.10. The molecule has 0 saturated carbocycles. The number of aliphatic hydroxyl groups is 1. The highest BCUT2D eigenvalue weighted by atomic mass is 19.3. The van der Waals surface area contributed by atoms with Crippen molar-refractivity contribution in [2.75, 3.05) is 11.9 Å². The minimum absolute atomic E-state index is 0.0694. The Morgan fingerprint density at radius 2 is 1.94 bits per heavy atom. The molecule has 0 saturated heterocycles. The van der Waals surface area contributed by atoms with Gasteiger partial charge in [0.2, 0.25) is 5.91 Å². The first kappa shape index (κ1) is 22.7. The van der Waals surface area contributed by atoms with E-state index in [0.717, 1.165) is 19.2 Å². The molecule has 3 aromatic heterocycles. The number of carbonyl (C=O) groups is 1. The van der Waals surface area contributed by atoms with Gasteiger partial charge in [0, 0.05) is 5.56 Å². The standard InChI is InChI=1S/C22H16F4N6O3/c1-21(22(25,26)9-33)14-16(30-20(21)35)28-17(29-19(14)34)15-12-6-11(23)7-27-18(12)32(31-15)8-10-4-2-3-5-13(10)24/h2-7,33H,8-9H2,1H3,(H2,28,29,30,34,35). The first-order valence-electron chi connectivity index (χ1n) is 10.3. The van der Waals surface area contributed by atoms with Crippen LogP contribution in [0.2, 0.25) is 0 Å². The van der Waals surface area contributed by atoms with Crippen LogP contribution in [0.3, 0.4) is 0 Å². The molecular formula is C22H16F4N6O3. The first-order chi connectivity index (χ1) is 16.6. The maximum absolute atomic E-state index is 14.5. The fraction of sp³-hybridized carbons (Fsp3) is 0.227. The van der Waals surface area contributed by atoms with Crippen molar-refractivity contribution in [3.63, 3.8) is 0 Å². The van der Waals surface area contributed by atoms with E-state index >= 15 is 0 Å². The van der Waals surface area contributed by atoms with Gasteiger partial charge < -0.3 is 15.4 Å². The number of carbonyl (C=O) groups excluding carboxylic acids is 1. The molecule has 4 aromatic rings. The van der Waals surface area contributed by atoms with Crippen molar-refractivity contribution >= 4 is 22.8 Å². The molecule has 0 spiro atoms. The second-order valence-corrected chi connectivity index (χ2v) is 8.20. The van der Waals surface area contributed by atoms with Crippen LogP contribution in [0.25, 0.3) is 22.6 Å². The van der Waals surface area contributed by atoms with E-state index in [1.807, 2.05) is 0 Å². The summed E-state index contributed by atoms with van der Waals surface area (Å²) in [6, 6.07) is 7.01. The Balaban J connectivity index is 1.69. The molecule has 1 aliphatic rings. The van der Waals surface area contributed by atoms with Gasteiger partial charge in [0.1, 0.15) is 35.2 Å². The number of amides is 1. The van der Waals surface area contributed by atoms with Crippen LogP contribution in [-0.2, 0) is 16.8 Å². The van der Waals surface area contributed by atoms with Gasteiger partial charge in [0.05, 0.1) is 23.7 Å². The van der Waals surface area contributed by atoms with E-state index < -0.39 is 52.4 Å². The fourth-order valence-corrected chi connectivity index (χ4v) is 4.10. The van der Waals surface area contributed by atoms with Gasteiger partial charge >= 0.3 is 0 Å². The van der Waals surface area contributed by atoms with Gasteiger partial charge in [-0.2, -0.15) is 5.10 Å². The van der Waals surface area contributed by atoms with Gasteiger partial charge in [-0.15, -0.1) is 0 Å². The SMILES string of the molecule is CC1(C(F)(F)CO)C(=O)Nc2nc(-c3nn(Cc4ccccc4F)c4ncc(F)cc34)[nH]c(=O)c21. The van der Waals surface area contributed by atoms with Gasteiger partial charge in [-0.3, -0.25) is 9.59 Å². The van der Waals surface area contributed by atoms with Crippen molar-refractivity contribution in [2.24, 2.45) is 0 Å². The van der Waals surface area contributed by atoms with Gasteiger partial charge in [-0.1, -0.05) is 18.2 Å². The number of nitrogens with one attached hydrogen (secondary N) is 2. The summed E-state index contributed by atoms with van der Waals surface area (Å²) in [6.07, 6.45) is 0.938. The lowest BCUT2D eigenvalue weighted by atomic mass is 9.79. The molecule has 0 aliphatic carbocycles. The van der Waals surface area contributed by atoms with Crippen LogP contribution in [0.1, 0.15) is 18.1 Å². The molecule has 1 aromatic carbocycles. The zero-order chi connectivity index (χ0) is 25.1. The maximum Gasteiger partial charge on any atom is 0.288 e. The molecule has 13 heteroatoms. The maximum atomic E-state index is 14.5. The average molecular weight is 488 g/mol. The van der Waals surface area contributed by atoms with E-state index in [0.29, 0.717) is 0 Å². The number of halogens is 4. The first-order valence-corrected chi connectivity index (χ1v) is 10.3. The molecule has 4 heterocycles. The zero-order valence-corrected chi connectivity index (χ0v) is 17.9. The molecule has 1 aliphatic heterocycles. The van der Waals surface area contributed by atoms with E-state index in [2.05, 4.69) is 25.4 Å². The molecule has 9 nitrogen and oxygen atoms in total. The third-order valence-electron chi connectivity index (χ3n) is 6.09. The van der Waals surface area contributed by atoms with Gasteiger partial charge in [-0.25, -0.2) is 32.2 Å². The third kappa shape index (κ3) is 3.30. The lowest BCUT2D eigenvalue weighted by molar-refractivity contribution is -0.145. The topological polar surface area (TPSA) is 126 Å². The van der Waals surface area contributed by atoms with Crippen molar-refractivity contribution in [3.05, 3.63) is 69.6 Å². The van der Waals surface area contributed by atoms with Crippen molar-refractivity contribution in [1.82, 2.24) is 24.7 Å². The Morgan fingerprint density at radius 1 is 1.20 bits per heavy atom. The number of anilines is 1. The molecule has 5 rings (SSSR count). The highest BCUT2D eigenvalue weighted by Crippen LogP contribution is 2.45. The normalized spacial score (nSPS) is 17.6. The Morgan fingerprint density at radius 3 is 2.66 bits per heavy atom. The summed E-state index contributed by atoms with van der Waals surface area (Å²) < 4.78 is 58.5. The number of rotatable bonds is 5. The molecular weight excluding hydrogens is 472 g/mol. The minimum atomic E-state index is -3.96. The highest BCUT2D eigenvalue weighted by Gasteiger charge is 2.62. The Bertz CT molecular complexity index is 1570. The quantitative estimate of drug-likeness (QED) is 0.371. The summed E-state index contributed by atoms with van der Waals surface area (Å²) in [5, 5.41) is 15.7. The number of fused-ring (bicyclic) bond motifs is 2. The summed E-state index contributed by atoms with van der Waals surface area (Å²) >= 11 is 0. The Hall–Kier alpha value is -4.13. The molecule has 35 heavy (non-hydrogen) atoms. The van der Waals surface area contributed by atoms with Gasteiger partial charge in [0.15, 0.2) is 11.5 Å². The monoisotopic (exact) mass is 488 g/mol. The lowest BCUT2D eigenvalue weighted by Gasteiger charge is -2.29. The zero-order valence-electron chi connectivity index (χ0n) is 17.9. The summed E-state index contributed by atoms with van der Waals surface area (Å²) in [4.78, 5) is 35.8. The Labute approximate surface area is 193 Å². The van der Waals surface area contributed by atoms with Crippen LogP contribution in [0, 0.1) is 11.6 Å². The fourth-order valence-electron chi connectivity index (χ4n) is 4.10. The molecule has 1 unspecified atom stereocenters. The lowest BCUT2D eigenvalue weighted by Crippen LogP contribution is -2.52. The molecule has 180 valence electrons. The number of nitrogens with zero attached hydrogens (tertiary/aromatic N) is 4. The van der Waals surface area contributed by atoms with Gasteiger partial charge in [0.25, 0.3) is 11.5 Å². The smallest absolute Gasteiger partial charge is 0.288 e. The summed E-state index contributed by atoms with van der Waals surface area (Å²) in [7, 11) is 0. The largest absolute Gasteiger partial charge is 0.390 e. The van der Waals surface area contributed by atoms with Crippen molar-refractivity contribution in [2.45, 2.75) is 24.8 Å². The number of alkyl halides is 2. The molecule has 1 atom stereocenters. The number of benzene rings is 1. The second kappa shape index (κ2) is 7.70. The summed E-state index contributed by atoms with van der Waals surface area (Å²) in [6.45, 7) is -0.930. The molecule has 3 N–H and O–H groups in total. The molecule has 1 amide bonds. The number of aromatic amines is 1. The third-order valence-corrected chi connectivity index (χ3v) is 6.09. The molecule has 0 fully saturated rings. The van der Waals surface area contributed by atoms with Crippen LogP contribution < -0.4 is 10.9 Å². The van der Waals surface area contributed by atoms with Crippen LogP contribution >= 0.6 is 0 Å². The Kier molecular flexibility index (Phi) is 4.98.